The Morgan fingerprint density at radius 3 is 2.57 bits per heavy atom. The lowest BCUT2D eigenvalue weighted by molar-refractivity contribution is 0.334. The van der Waals surface area contributed by atoms with Crippen LogP contribution >= 0.6 is 0 Å². The van der Waals surface area contributed by atoms with Gasteiger partial charge in [0.2, 0.25) is 0 Å². The molecule has 0 saturated heterocycles. The topological polar surface area (TPSA) is 100 Å². The second-order valence-electron chi connectivity index (χ2n) is 4.45. The molecule has 0 radical (unpaired) electrons. The van der Waals surface area contributed by atoms with Crippen molar-refractivity contribution >= 4 is 11.9 Å². The maximum atomic E-state index is 7.00. The van der Waals surface area contributed by atoms with Crippen LogP contribution in [0.4, 0.5) is 0 Å². The molecule has 6 N–H and O–H groups in total. The standard InChI is InChI=1S/C9H19N5/c1-9(2)5-3-4-6(9)13-8(12)14-7(10)11/h6H,3-5H2,1-2H3,(H6,10,11,12,13,14). The van der Waals surface area contributed by atoms with Gasteiger partial charge in [-0.25, -0.2) is 4.99 Å². The normalized spacial score (nSPS) is 26.1. The smallest absolute Gasteiger partial charge is 0.195 e. The number of nitrogens with zero attached hydrogens (tertiary/aromatic N) is 1. The van der Waals surface area contributed by atoms with E-state index in [1.165, 1.54) is 12.8 Å². The third kappa shape index (κ3) is 2.61. The van der Waals surface area contributed by atoms with Crippen molar-refractivity contribution in [2.45, 2.75) is 39.2 Å². The van der Waals surface area contributed by atoms with Crippen molar-refractivity contribution in [1.29, 1.82) is 5.41 Å². The number of aliphatic imine (C=N–C) groups is 1. The molecule has 80 valence electrons. The molecule has 0 heterocycles. The maximum Gasteiger partial charge on any atom is 0.195 e. The van der Waals surface area contributed by atoms with Crippen LogP contribution in [0.2, 0.25) is 0 Å². The van der Waals surface area contributed by atoms with Crippen molar-refractivity contribution in [3.8, 4) is 0 Å². The Balaban J connectivity index is 2.62. The number of hydrogen-bond donors (Lipinski definition) is 4. The quantitative estimate of drug-likeness (QED) is 0.361. The summed E-state index contributed by atoms with van der Waals surface area (Å²) in [6.45, 7) is 4.38. The molecule has 0 aromatic rings. The largest absolute Gasteiger partial charge is 0.370 e. The number of rotatable bonds is 1. The highest BCUT2D eigenvalue weighted by atomic mass is 15.2. The zero-order chi connectivity index (χ0) is 10.8. The molecule has 0 spiro atoms. The molecule has 1 fully saturated rings. The molecule has 14 heavy (non-hydrogen) atoms. The van der Waals surface area contributed by atoms with Crippen LogP contribution in [0.15, 0.2) is 4.99 Å². The maximum absolute atomic E-state index is 7.00. The molecule has 0 aliphatic heterocycles. The van der Waals surface area contributed by atoms with Crippen molar-refractivity contribution in [2.75, 3.05) is 0 Å². The molecule has 1 aliphatic carbocycles. The van der Waals surface area contributed by atoms with E-state index in [-0.39, 0.29) is 23.4 Å². The van der Waals surface area contributed by atoms with Crippen LogP contribution < -0.4 is 16.8 Å². The van der Waals surface area contributed by atoms with E-state index < -0.39 is 0 Å². The minimum atomic E-state index is -0.165. The average Bonchev–Trinajstić information content (AvgIpc) is 2.29. The molecule has 0 amide bonds. The van der Waals surface area contributed by atoms with E-state index in [4.69, 9.17) is 16.9 Å². The van der Waals surface area contributed by atoms with Crippen molar-refractivity contribution in [3.05, 3.63) is 0 Å². The molecule has 5 nitrogen and oxygen atoms in total. The SMILES string of the molecule is CC1(C)CCCC1N=C(N)NC(=N)N. The van der Waals surface area contributed by atoms with Gasteiger partial charge < -0.3 is 11.5 Å². The lowest BCUT2D eigenvalue weighted by atomic mass is 9.88. The first-order valence-corrected chi connectivity index (χ1v) is 4.86. The first kappa shape index (κ1) is 10.8. The van der Waals surface area contributed by atoms with Crippen molar-refractivity contribution in [1.82, 2.24) is 5.32 Å². The predicted octanol–water partition coefficient (Wildman–Crippen LogP) is 0.363. The summed E-state index contributed by atoms with van der Waals surface area (Å²) in [5, 5.41) is 9.50. The van der Waals surface area contributed by atoms with Crippen LogP contribution in [0.3, 0.4) is 0 Å². The van der Waals surface area contributed by atoms with Gasteiger partial charge in [-0.05, 0) is 18.3 Å². The molecule has 1 aliphatic rings. The molecular weight excluding hydrogens is 178 g/mol. The van der Waals surface area contributed by atoms with Crippen molar-refractivity contribution in [3.63, 3.8) is 0 Å². The van der Waals surface area contributed by atoms with E-state index in [9.17, 15) is 0 Å². The third-order valence-corrected chi connectivity index (χ3v) is 2.76. The zero-order valence-electron chi connectivity index (χ0n) is 8.80. The average molecular weight is 197 g/mol. The monoisotopic (exact) mass is 197 g/mol. The number of nitrogens with one attached hydrogen (secondary N) is 2. The molecule has 5 heteroatoms. The molecule has 1 rings (SSSR count). The summed E-state index contributed by atoms with van der Waals surface area (Å²) in [6, 6.07) is 0.245. The Hall–Kier alpha value is -1.26. The lowest BCUT2D eigenvalue weighted by Gasteiger charge is -2.23. The number of guanidine groups is 2. The summed E-state index contributed by atoms with van der Waals surface area (Å²) < 4.78 is 0. The molecule has 0 aromatic heterocycles. The minimum absolute atomic E-state index is 0.165. The second kappa shape index (κ2) is 3.86. The predicted molar refractivity (Wildman–Crippen MR) is 58.1 cm³/mol. The fourth-order valence-corrected chi connectivity index (χ4v) is 1.89. The Bertz CT molecular complexity index is 256. The van der Waals surface area contributed by atoms with Crippen LogP contribution in [-0.4, -0.2) is 18.0 Å². The lowest BCUT2D eigenvalue weighted by Crippen LogP contribution is -2.42. The minimum Gasteiger partial charge on any atom is -0.370 e. The van der Waals surface area contributed by atoms with Crippen LogP contribution in [0.5, 0.6) is 0 Å². The van der Waals surface area contributed by atoms with Gasteiger partial charge in [0.1, 0.15) is 0 Å². The Morgan fingerprint density at radius 1 is 1.50 bits per heavy atom. The molecule has 0 bridgehead atoms. The highest BCUT2D eigenvalue weighted by Gasteiger charge is 2.34. The van der Waals surface area contributed by atoms with Gasteiger partial charge in [0.05, 0.1) is 6.04 Å². The summed E-state index contributed by atoms with van der Waals surface area (Å²) in [5.41, 5.74) is 11.0. The van der Waals surface area contributed by atoms with Crippen LogP contribution in [0.1, 0.15) is 33.1 Å². The van der Waals surface area contributed by atoms with E-state index in [1.54, 1.807) is 0 Å². The van der Waals surface area contributed by atoms with E-state index >= 15 is 0 Å². The van der Waals surface area contributed by atoms with Gasteiger partial charge in [0.15, 0.2) is 11.9 Å². The molecule has 0 aromatic carbocycles. The Kier molecular flexibility index (Phi) is 2.98. The van der Waals surface area contributed by atoms with Gasteiger partial charge in [-0.15, -0.1) is 0 Å². The number of hydrogen-bond acceptors (Lipinski definition) is 2. The first-order valence-electron chi connectivity index (χ1n) is 4.86. The summed E-state index contributed by atoms with van der Waals surface area (Å²) in [4.78, 5) is 4.33. The molecule has 1 atom stereocenters. The molecule has 1 unspecified atom stereocenters. The third-order valence-electron chi connectivity index (χ3n) is 2.76. The fourth-order valence-electron chi connectivity index (χ4n) is 1.89. The zero-order valence-corrected chi connectivity index (χ0v) is 8.80. The van der Waals surface area contributed by atoms with Gasteiger partial charge in [-0.3, -0.25) is 10.7 Å². The van der Waals surface area contributed by atoms with E-state index in [0.717, 1.165) is 6.42 Å². The van der Waals surface area contributed by atoms with Crippen LogP contribution in [0, 0.1) is 10.8 Å². The highest BCUT2D eigenvalue weighted by Crippen LogP contribution is 2.39. The molecule has 1 saturated carbocycles. The first-order chi connectivity index (χ1) is 6.42. The van der Waals surface area contributed by atoms with Gasteiger partial charge in [-0.1, -0.05) is 20.3 Å². The van der Waals surface area contributed by atoms with Crippen LogP contribution in [-0.2, 0) is 0 Å². The molecular formula is C9H19N5. The van der Waals surface area contributed by atoms with E-state index in [2.05, 4.69) is 24.2 Å². The fraction of sp³-hybridized carbons (Fsp3) is 0.778. The summed E-state index contributed by atoms with van der Waals surface area (Å²) in [5.74, 6) is 0.0829. The van der Waals surface area contributed by atoms with E-state index in [0.29, 0.717) is 0 Å². The number of nitrogens with two attached hydrogens (primary N) is 2. The van der Waals surface area contributed by atoms with Crippen molar-refractivity contribution in [2.24, 2.45) is 21.9 Å². The van der Waals surface area contributed by atoms with Gasteiger partial charge in [0, 0.05) is 0 Å². The highest BCUT2D eigenvalue weighted by molar-refractivity contribution is 5.95. The van der Waals surface area contributed by atoms with Gasteiger partial charge in [0.25, 0.3) is 0 Å². The summed E-state index contributed by atoms with van der Waals surface area (Å²) in [7, 11) is 0. The van der Waals surface area contributed by atoms with Crippen molar-refractivity contribution < 1.29 is 0 Å². The Morgan fingerprint density at radius 2 is 2.14 bits per heavy atom. The van der Waals surface area contributed by atoms with Gasteiger partial charge >= 0.3 is 0 Å². The Labute approximate surface area is 84.5 Å². The van der Waals surface area contributed by atoms with E-state index in [1.807, 2.05) is 0 Å². The summed E-state index contributed by atoms with van der Waals surface area (Å²) in [6.07, 6.45) is 3.43. The summed E-state index contributed by atoms with van der Waals surface area (Å²) >= 11 is 0. The van der Waals surface area contributed by atoms with Gasteiger partial charge in [-0.2, -0.15) is 0 Å². The van der Waals surface area contributed by atoms with Crippen LogP contribution in [0.25, 0.3) is 0 Å². The second-order valence-corrected chi connectivity index (χ2v) is 4.45.